The Bertz CT molecular complexity index is 807. The lowest BCUT2D eigenvalue weighted by Gasteiger charge is -2.21. The second kappa shape index (κ2) is 12.9. The predicted molar refractivity (Wildman–Crippen MR) is 115 cm³/mol. The molecule has 5 nitrogen and oxygen atoms in total. The van der Waals surface area contributed by atoms with Gasteiger partial charge in [0.15, 0.2) is 0 Å². The Balaban J connectivity index is 0.000000656. The molecule has 168 valence electrons. The van der Waals surface area contributed by atoms with Crippen molar-refractivity contribution in [2.45, 2.75) is 38.9 Å². The summed E-state index contributed by atoms with van der Waals surface area (Å²) in [4.78, 5) is 15.3. The first kappa shape index (κ1) is 26.4. The van der Waals surface area contributed by atoms with Crippen LogP contribution < -0.4 is 5.32 Å². The van der Waals surface area contributed by atoms with E-state index >= 15 is 0 Å². The summed E-state index contributed by atoms with van der Waals surface area (Å²) in [6, 6.07) is 5.94. The van der Waals surface area contributed by atoms with Gasteiger partial charge in [-0.25, -0.2) is 0 Å². The predicted octanol–water partition coefficient (Wildman–Crippen LogP) is 5.18. The molecule has 10 heteroatoms. The van der Waals surface area contributed by atoms with Gasteiger partial charge in [-0.05, 0) is 51.1 Å². The van der Waals surface area contributed by atoms with E-state index in [0.29, 0.717) is 10.0 Å². The average molecular weight is 468 g/mol. The molecule has 0 bridgehead atoms. The van der Waals surface area contributed by atoms with Crippen molar-refractivity contribution >= 4 is 46.1 Å². The van der Waals surface area contributed by atoms with Crippen LogP contribution in [-0.2, 0) is 4.79 Å². The molecule has 1 atom stereocenters. The summed E-state index contributed by atoms with van der Waals surface area (Å²) in [5.74, 6) is 0. The minimum atomic E-state index is -4.64. The standard InChI is InChI=1S/C18H25Cl2N3O.C2HF3O/c1-3-23(9-10-24)8-4-5-13(2)22-18-15-7-6-14(19)11-17(15)21-12-16(18)20;3-2(4,5)1-6/h6-7,11-13,24H,3-5,8-10H2,1-2H3,(H,21,22);1H. The van der Waals surface area contributed by atoms with E-state index in [9.17, 15) is 13.2 Å². The number of anilines is 1. The zero-order valence-corrected chi connectivity index (χ0v) is 18.4. The van der Waals surface area contributed by atoms with Crippen molar-refractivity contribution < 1.29 is 23.1 Å². The molecule has 1 heterocycles. The maximum Gasteiger partial charge on any atom is 0.446 e. The summed E-state index contributed by atoms with van der Waals surface area (Å²) in [6.07, 6.45) is -1.95. The van der Waals surface area contributed by atoms with Gasteiger partial charge in [0.1, 0.15) is 0 Å². The molecule has 0 aliphatic heterocycles. The van der Waals surface area contributed by atoms with Crippen molar-refractivity contribution in [1.29, 1.82) is 0 Å². The maximum atomic E-state index is 10.4. The van der Waals surface area contributed by atoms with Gasteiger partial charge in [-0.1, -0.05) is 30.1 Å². The molecule has 1 aromatic heterocycles. The summed E-state index contributed by atoms with van der Waals surface area (Å²) >= 11 is 12.4. The maximum absolute atomic E-state index is 10.4. The number of hydrogen-bond acceptors (Lipinski definition) is 5. The number of aromatic nitrogens is 1. The number of pyridine rings is 1. The SMILES string of the molecule is CCN(CCO)CCCC(C)Nc1c(Cl)cnc2cc(Cl)ccc12.O=CC(F)(F)F. The second-order valence-corrected chi connectivity index (χ2v) is 7.49. The molecule has 2 N–H and O–H groups in total. The Morgan fingerprint density at radius 2 is 1.97 bits per heavy atom. The number of carbonyl (C=O) groups excluding carboxylic acids is 1. The summed E-state index contributed by atoms with van der Waals surface area (Å²) < 4.78 is 31.2. The number of nitrogens with one attached hydrogen (secondary N) is 1. The highest BCUT2D eigenvalue weighted by Crippen LogP contribution is 2.31. The first-order chi connectivity index (χ1) is 14.1. The summed E-state index contributed by atoms with van der Waals surface area (Å²) in [7, 11) is 0. The van der Waals surface area contributed by atoms with Gasteiger partial charge in [-0.15, -0.1) is 0 Å². The van der Waals surface area contributed by atoms with Crippen molar-refractivity contribution in [3.8, 4) is 0 Å². The van der Waals surface area contributed by atoms with E-state index in [4.69, 9.17) is 33.1 Å². The lowest BCUT2D eigenvalue weighted by molar-refractivity contribution is -0.156. The van der Waals surface area contributed by atoms with Crippen LogP contribution in [0.5, 0.6) is 0 Å². The number of hydrogen-bond donors (Lipinski definition) is 2. The number of fused-ring (bicyclic) bond motifs is 1. The van der Waals surface area contributed by atoms with Crippen LogP contribution >= 0.6 is 23.2 Å². The number of benzene rings is 1. The fraction of sp³-hybridized carbons (Fsp3) is 0.500. The van der Waals surface area contributed by atoms with E-state index in [1.165, 1.54) is 0 Å². The van der Waals surface area contributed by atoms with Gasteiger partial charge in [0.25, 0.3) is 0 Å². The van der Waals surface area contributed by atoms with E-state index in [1.807, 2.05) is 18.2 Å². The van der Waals surface area contributed by atoms with Crippen molar-refractivity contribution in [3.63, 3.8) is 0 Å². The quantitative estimate of drug-likeness (QED) is 0.497. The average Bonchev–Trinajstić information content (AvgIpc) is 2.69. The van der Waals surface area contributed by atoms with Gasteiger partial charge < -0.3 is 15.3 Å². The van der Waals surface area contributed by atoms with E-state index in [1.54, 1.807) is 6.20 Å². The highest BCUT2D eigenvalue weighted by Gasteiger charge is 2.24. The molecule has 0 saturated heterocycles. The number of aldehydes is 1. The molecule has 1 unspecified atom stereocenters. The van der Waals surface area contributed by atoms with E-state index in [2.05, 4.69) is 29.0 Å². The van der Waals surface area contributed by atoms with Crippen LogP contribution in [0.4, 0.5) is 18.9 Å². The zero-order chi connectivity index (χ0) is 22.7. The molecule has 0 spiro atoms. The monoisotopic (exact) mass is 467 g/mol. The van der Waals surface area contributed by atoms with Crippen LogP contribution in [0.25, 0.3) is 10.9 Å². The summed E-state index contributed by atoms with van der Waals surface area (Å²) in [5, 5.41) is 14.8. The fourth-order valence-electron chi connectivity index (χ4n) is 2.80. The molecule has 0 radical (unpaired) electrons. The van der Waals surface area contributed by atoms with Gasteiger partial charge in [-0.2, -0.15) is 13.2 Å². The number of rotatable bonds is 9. The molecule has 0 saturated carbocycles. The molecular weight excluding hydrogens is 442 g/mol. The fourth-order valence-corrected chi connectivity index (χ4v) is 3.17. The van der Waals surface area contributed by atoms with Crippen molar-refractivity contribution in [1.82, 2.24) is 9.88 Å². The number of likely N-dealkylation sites (N-methyl/N-ethyl adjacent to an activating group) is 1. The van der Waals surface area contributed by atoms with Crippen molar-refractivity contribution in [2.24, 2.45) is 0 Å². The molecule has 30 heavy (non-hydrogen) atoms. The number of aliphatic hydroxyl groups is 1. The molecule has 0 aliphatic carbocycles. The van der Waals surface area contributed by atoms with Crippen LogP contribution in [0, 0.1) is 0 Å². The minimum Gasteiger partial charge on any atom is -0.395 e. The largest absolute Gasteiger partial charge is 0.446 e. The van der Waals surface area contributed by atoms with Gasteiger partial charge in [-0.3, -0.25) is 9.78 Å². The first-order valence-electron chi connectivity index (χ1n) is 9.47. The van der Waals surface area contributed by atoms with Gasteiger partial charge >= 0.3 is 6.18 Å². The van der Waals surface area contributed by atoms with Crippen molar-refractivity contribution in [3.05, 3.63) is 34.4 Å². The summed E-state index contributed by atoms with van der Waals surface area (Å²) in [6.45, 7) is 7.17. The zero-order valence-electron chi connectivity index (χ0n) is 16.8. The second-order valence-electron chi connectivity index (χ2n) is 6.65. The lowest BCUT2D eigenvalue weighted by atomic mass is 10.1. The lowest BCUT2D eigenvalue weighted by Crippen LogP contribution is -2.28. The molecule has 0 fully saturated rings. The summed E-state index contributed by atoms with van der Waals surface area (Å²) in [5.41, 5.74) is 1.75. The van der Waals surface area contributed by atoms with E-state index in [0.717, 1.165) is 49.1 Å². The van der Waals surface area contributed by atoms with Crippen LogP contribution in [0.3, 0.4) is 0 Å². The number of nitrogens with zero attached hydrogens (tertiary/aromatic N) is 2. The minimum absolute atomic E-state index is 0.211. The van der Waals surface area contributed by atoms with Gasteiger partial charge in [0.05, 0.1) is 22.8 Å². The van der Waals surface area contributed by atoms with E-state index < -0.39 is 12.5 Å². The molecule has 0 amide bonds. The van der Waals surface area contributed by atoms with Crippen LogP contribution in [0.2, 0.25) is 10.0 Å². The number of aliphatic hydroxyl groups excluding tert-OH is 1. The van der Waals surface area contributed by atoms with Gasteiger partial charge in [0, 0.05) is 29.2 Å². The Labute approximate surface area is 184 Å². The molecule has 0 aliphatic rings. The first-order valence-corrected chi connectivity index (χ1v) is 10.2. The molecule has 1 aromatic carbocycles. The normalized spacial score (nSPS) is 12.4. The number of carbonyl (C=O) groups is 1. The number of halogens is 5. The van der Waals surface area contributed by atoms with Crippen molar-refractivity contribution in [2.75, 3.05) is 31.6 Å². The third-order valence-electron chi connectivity index (χ3n) is 4.28. The smallest absolute Gasteiger partial charge is 0.395 e. The number of alkyl halides is 3. The topological polar surface area (TPSA) is 65.5 Å². The molecular formula is C20H26Cl2F3N3O2. The highest BCUT2D eigenvalue weighted by molar-refractivity contribution is 6.35. The van der Waals surface area contributed by atoms with Crippen LogP contribution in [0.15, 0.2) is 24.4 Å². The van der Waals surface area contributed by atoms with Crippen LogP contribution in [0.1, 0.15) is 26.7 Å². The molecule has 2 aromatic rings. The third kappa shape index (κ3) is 9.47. The van der Waals surface area contributed by atoms with Gasteiger partial charge in [0.2, 0.25) is 6.29 Å². The molecule has 2 rings (SSSR count). The van der Waals surface area contributed by atoms with Crippen LogP contribution in [-0.4, -0.2) is 59.7 Å². The Kier molecular flexibility index (Phi) is 11.4. The Morgan fingerprint density at radius 1 is 1.30 bits per heavy atom. The third-order valence-corrected chi connectivity index (χ3v) is 4.81. The van der Waals surface area contributed by atoms with E-state index in [-0.39, 0.29) is 12.6 Å². The highest BCUT2D eigenvalue weighted by atomic mass is 35.5. The Morgan fingerprint density at radius 3 is 2.53 bits per heavy atom. The Hall–Kier alpha value is -1.61.